The van der Waals surface area contributed by atoms with Crippen LogP contribution in [0.2, 0.25) is 0 Å². The highest BCUT2D eigenvalue weighted by Gasteiger charge is 2.36. The molecule has 3 unspecified atom stereocenters. The average molecular weight is 278 g/mol. The molecule has 1 aromatic carbocycles. The van der Waals surface area contributed by atoms with Gasteiger partial charge in [0, 0.05) is 18.2 Å². The lowest BCUT2D eigenvalue weighted by Gasteiger charge is -2.33. The van der Waals surface area contributed by atoms with Crippen molar-refractivity contribution in [2.24, 2.45) is 17.1 Å². The van der Waals surface area contributed by atoms with Crippen LogP contribution < -0.4 is 5.73 Å². The summed E-state index contributed by atoms with van der Waals surface area (Å²) in [5.74, 6) is 0.504. The summed E-state index contributed by atoms with van der Waals surface area (Å²) in [5.41, 5.74) is 7.19. The molecule has 2 N–H and O–H groups in total. The van der Waals surface area contributed by atoms with Gasteiger partial charge >= 0.3 is 0 Å². The molecule has 0 bridgehead atoms. The number of benzene rings is 1. The Morgan fingerprint density at radius 1 is 1.30 bits per heavy atom. The summed E-state index contributed by atoms with van der Waals surface area (Å²) >= 11 is 0. The molecule has 1 aliphatic rings. The third-order valence-electron chi connectivity index (χ3n) is 4.56. The maximum absolute atomic E-state index is 14.1. The molecule has 1 aromatic rings. The molecule has 1 saturated heterocycles. The van der Waals surface area contributed by atoms with Crippen LogP contribution >= 0.6 is 0 Å². The molecule has 2 rings (SSSR count). The molecule has 2 nitrogen and oxygen atoms in total. The van der Waals surface area contributed by atoms with Crippen molar-refractivity contribution in [3.63, 3.8) is 0 Å². The van der Waals surface area contributed by atoms with Crippen molar-refractivity contribution in [2.45, 2.75) is 46.2 Å². The standard InChI is InChI=1S/C17H27FN2/c1-12(19)16(14-7-5-6-8-15(14)18)20-10-9-13(11-20)17(2,3)4/h5-8,12-13,16H,9-11,19H2,1-4H3. The smallest absolute Gasteiger partial charge is 0.128 e. The quantitative estimate of drug-likeness (QED) is 0.915. The van der Waals surface area contributed by atoms with E-state index in [-0.39, 0.29) is 17.9 Å². The third-order valence-corrected chi connectivity index (χ3v) is 4.56. The Morgan fingerprint density at radius 2 is 1.95 bits per heavy atom. The highest BCUT2D eigenvalue weighted by molar-refractivity contribution is 5.23. The van der Waals surface area contributed by atoms with Gasteiger partial charge in [-0.2, -0.15) is 0 Å². The first kappa shape index (κ1) is 15.5. The van der Waals surface area contributed by atoms with E-state index in [1.54, 1.807) is 6.07 Å². The van der Waals surface area contributed by atoms with Crippen molar-refractivity contribution in [3.05, 3.63) is 35.6 Å². The highest BCUT2D eigenvalue weighted by atomic mass is 19.1. The van der Waals surface area contributed by atoms with E-state index < -0.39 is 0 Å². The topological polar surface area (TPSA) is 29.3 Å². The van der Waals surface area contributed by atoms with E-state index in [0.717, 1.165) is 18.7 Å². The summed E-state index contributed by atoms with van der Waals surface area (Å²) in [5, 5.41) is 0. The maximum Gasteiger partial charge on any atom is 0.128 e. The molecule has 0 aromatic heterocycles. The summed E-state index contributed by atoms with van der Waals surface area (Å²) in [6, 6.07) is 6.93. The van der Waals surface area contributed by atoms with Crippen LogP contribution in [0.5, 0.6) is 0 Å². The molecule has 3 atom stereocenters. The Morgan fingerprint density at radius 3 is 2.45 bits per heavy atom. The van der Waals surface area contributed by atoms with Gasteiger partial charge in [0.1, 0.15) is 5.82 Å². The van der Waals surface area contributed by atoms with E-state index >= 15 is 0 Å². The molecule has 0 radical (unpaired) electrons. The van der Waals surface area contributed by atoms with Gasteiger partial charge in [-0.1, -0.05) is 39.0 Å². The zero-order valence-corrected chi connectivity index (χ0v) is 13.1. The minimum absolute atomic E-state index is 0.0245. The molecule has 1 heterocycles. The normalized spacial score (nSPS) is 23.8. The van der Waals surface area contributed by atoms with Gasteiger partial charge in [0.25, 0.3) is 0 Å². The first-order valence-electron chi connectivity index (χ1n) is 7.54. The predicted molar refractivity (Wildman–Crippen MR) is 81.9 cm³/mol. The lowest BCUT2D eigenvalue weighted by Crippen LogP contribution is -2.39. The zero-order valence-electron chi connectivity index (χ0n) is 13.1. The van der Waals surface area contributed by atoms with E-state index in [1.165, 1.54) is 12.5 Å². The fourth-order valence-electron chi connectivity index (χ4n) is 3.27. The van der Waals surface area contributed by atoms with Crippen molar-refractivity contribution in [3.8, 4) is 0 Å². The molecule has 0 aliphatic carbocycles. The number of hydrogen-bond acceptors (Lipinski definition) is 2. The van der Waals surface area contributed by atoms with Crippen LogP contribution in [0.1, 0.15) is 45.7 Å². The number of rotatable bonds is 3. The second kappa shape index (κ2) is 5.82. The number of likely N-dealkylation sites (tertiary alicyclic amines) is 1. The summed E-state index contributed by atoms with van der Waals surface area (Å²) in [6.45, 7) is 10.8. The Bertz CT molecular complexity index is 451. The SMILES string of the molecule is CC(N)C(c1ccccc1F)N1CCC(C(C)(C)C)C1. The monoisotopic (exact) mass is 278 g/mol. The van der Waals surface area contributed by atoms with Gasteiger partial charge in [-0.05, 0) is 37.3 Å². The molecule has 1 aliphatic heterocycles. The fraction of sp³-hybridized carbons (Fsp3) is 0.647. The van der Waals surface area contributed by atoms with Gasteiger partial charge < -0.3 is 5.73 Å². The van der Waals surface area contributed by atoms with Crippen LogP contribution in [-0.2, 0) is 0 Å². The molecular weight excluding hydrogens is 251 g/mol. The van der Waals surface area contributed by atoms with Crippen molar-refractivity contribution < 1.29 is 4.39 Å². The van der Waals surface area contributed by atoms with Crippen molar-refractivity contribution >= 4 is 0 Å². The summed E-state index contributed by atoms with van der Waals surface area (Å²) in [4.78, 5) is 2.36. The van der Waals surface area contributed by atoms with Crippen LogP contribution in [0.25, 0.3) is 0 Å². The number of hydrogen-bond donors (Lipinski definition) is 1. The minimum Gasteiger partial charge on any atom is -0.326 e. The van der Waals surface area contributed by atoms with E-state index in [2.05, 4.69) is 25.7 Å². The van der Waals surface area contributed by atoms with Crippen LogP contribution in [-0.4, -0.2) is 24.0 Å². The van der Waals surface area contributed by atoms with Gasteiger partial charge in [0.05, 0.1) is 6.04 Å². The Kier molecular flexibility index (Phi) is 4.50. The third kappa shape index (κ3) is 3.21. The zero-order chi connectivity index (χ0) is 14.9. The number of halogens is 1. The Hall–Kier alpha value is -0.930. The average Bonchev–Trinajstić information content (AvgIpc) is 2.80. The summed E-state index contributed by atoms with van der Waals surface area (Å²) < 4.78 is 14.1. The second-order valence-electron chi connectivity index (χ2n) is 7.17. The van der Waals surface area contributed by atoms with E-state index in [4.69, 9.17) is 5.73 Å². The van der Waals surface area contributed by atoms with Crippen LogP contribution in [0, 0.1) is 17.2 Å². The molecule has 1 fully saturated rings. The molecule has 3 heteroatoms. The lowest BCUT2D eigenvalue weighted by molar-refractivity contribution is 0.177. The van der Waals surface area contributed by atoms with E-state index in [9.17, 15) is 4.39 Å². The second-order valence-corrected chi connectivity index (χ2v) is 7.17. The van der Waals surface area contributed by atoms with Gasteiger partial charge in [0.2, 0.25) is 0 Å². The van der Waals surface area contributed by atoms with Gasteiger partial charge in [-0.3, -0.25) is 4.90 Å². The van der Waals surface area contributed by atoms with Crippen molar-refractivity contribution in [1.82, 2.24) is 4.90 Å². The molecule has 0 saturated carbocycles. The lowest BCUT2D eigenvalue weighted by atomic mass is 9.80. The number of nitrogens with zero attached hydrogens (tertiary/aromatic N) is 1. The molecule has 0 spiro atoms. The largest absolute Gasteiger partial charge is 0.326 e. The summed E-state index contributed by atoms with van der Waals surface area (Å²) in [7, 11) is 0. The Labute approximate surface area is 122 Å². The first-order valence-corrected chi connectivity index (χ1v) is 7.54. The van der Waals surface area contributed by atoms with E-state index in [0.29, 0.717) is 11.3 Å². The van der Waals surface area contributed by atoms with Crippen LogP contribution in [0.4, 0.5) is 4.39 Å². The van der Waals surface area contributed by atoms with Gasteiger partial charge in [-0.15, -0.1) is 0 Å². The first-order chi connectivity index (χ1) is 9.30. The molecule has 20 heavy (non-hydrogen) atoms. The molecule has 112 valence electrons. The van der Waals surface area contributed by atoms with Crippen LogP contribution in [0.15, 0.2) is 24.3 Å². The minimum atomic E-state index is -0.144. The van der Waals surface area contributed by atoms with Crippen molar-refractivity contribution in [2.75, 3.05) is 13.1 Å². The molecule has 0 amide bonds. The van der Waals surface area contributed by atoms with Crippen molar-refractivity contribution in [1.29, 1.82) is 0 Å². The van der Waals surface area contributed by atoms with Gasteiger partial charge in [0.15, 0.2) is 0 Å². The summed E-state index contributed by atoms with van der Waals surface area (Å²) in [6.07, 6.45) is 1.17. The Balaban J connectivity index is 2.22. The van der Waals surface area contributed by atoms with Gasteiger partial charge in [-0.25, -0.2) is 4.39 Å². The molecular formula is C17H27FN2. The predicted octanol–water partition coefficient (Wildman–Crippen LogP) is 3.58. The van der Waals surface area contributed by atoms with Crippen LogP contribution in [0.3, 0.4) is 0 Å². The highest BCUT2D eigenvalue weighted by Crippen LogP contribution is 2.38. The van der Waals surface area contributed by atoms with E-state index in [1.807, 2.05) is 19.1 Å². The number of nitrogens with two attached hydrogens (primary N) is 1. The maximum atomic E-state index is 14.1. The fourth-order valence-corrected chi connectivity index (χ4v) is 3.27.